The third-order valence-electron chi connectivity index (χ3n) is 12.3. The Kier molecular flexibility index (Phi) is 9.06. The van der Waals surface area contributed by atoms with E-state index in [4.69, 9.17) is 4.42 Å². The Labute approximate surface area is 370 Å². The predicted octanol–water partition coefficient (Wildman–Crippen LogP) is 17.8. The number of anilines is 3. The monoisotopic (exact) mass is 821 g/mol. The third-order valence-corrected chi connectivity index (χ3v) is 13.5. The van der Waals surface area contributed by atoms with E-state index in [1.807, 2.05) is 11.3 Å². The number of fused-ring (bicyclic) bond motifs is 6. The van der Waals surface area contributed by atoms with Crippen LogP contribution < -0.4 is 4.90 Å². The third kappa shape index (κ3) is 6.41. The summed E-state index contributed by atoms with van der Waals surface area (Å²) < 4.78 is 9.86. The molecule has 0 saturated heterocycles. The van der Waals surface area contributed by atoms with Crippen LogP contribution in [0.25, 0.3) is 97.7 Å². The van der Waals surface area contributed by atoms with Crippen molar-refractivity contribution in [3.05, 3.63) is 237 Å². The van der Waals surface area contributed by atoms with Crippen molar-refractivity contribution in [3.63, 3.8) is 0 Å². The summed E-state index contributed by atoms with van der Waals surface area (Å²) in [5.41, 5.74) is 16.4. The van der Waals surface area contributed by atoms with Gasteiger partial charge in [0.2, 0.25) is 0 Å². The molecule has 296 valence electrons. The molecule has 63 heavy (non-hydrogen) atoms. The van der Waals surface area contributed by atoms with Gasteiger partial charge in [-0.3, -0.25) is 0 Å². The first-order chi connectivity index (χ1) is 31.3. The van der Waals surface area contributed by atoms with Gasteiger partial charge in [0, 0.05) is 47.9 Å². The lowest BCUT2D eigenvalue weighted by Gasteiger charge is -2.26. The molecular formula is C60H39NOS. The zero-order valence-corrected chi connectivity index (χ0v) is 35.1. The highest BCUT2D eigenvalue weighted by Gasteiger charge is 2.24. The van der Waals surface area contributed by atoms with E-state index in [1.54, 1.807) is 0 Å². The molecule has 12 aromatic rings. The maximum atomic E-state index is 7.24. The molecule has 0 saturated carbocycles. The smallest absolute Gasteiger partial charge is 0.160 e. The Morgan fingerprint density at radius 3 is 1.40 bits per heavy atom. The zero-order chi connectivity index (χ0) is 41.7. The molecule has 3 heteroatoms. The molecule has 0 unspecified atom stereocenters. The van der Waals surface area contributed by atoms with Crippen molar-refractivity contribution in [2.45, 2.75) is 0 Å². The van der Waals surface area contributed by atoms with Gasteiger partial charge < -0.3 is 9.32 Å². The average molecular weight is 822 g/mol. The first-order valence-corrected chi connectivity index (χ1v) is 22.2. The second-order valence-corrected chi connectivity index (χ2v) is 17.0. The fourth-order valence-electron chi connectivity index (χ4n) is 9.35. The SMILES string of the molecule is c1ccc(-c2ccccc2-c2ccc(N(c3ccc(-c4cccc5c4sc4ccccc45)cc3)c3ccc(-c4ccccc4)c4c3oc3c(-c5ccccc5)cccc34)cc2)cc1. The largest absolute Gasteiger partial charge is 0.453 e. The molecule has 0 aliphatic carbocycles. The molecule has 0 aliphatic heterocycles. The van der Waals surface area contributed by atoms with Crippen LogP contribution in [0.1, 0.15) is 0 Å². The van der Waals surface area contributed by atoms with Crippen LogP contribution in [-0.2, 0) is 0 Å². The summed E-state index contributed by atoms with van der Waals surface area (Å²) in [6, 6.07) is 85.0. The lowest BCUT2D eigenvalue weighted by atomic mass is 9.94. The van der Waals surface area contributed by atoms with Crippen molar-refractivity contribution in [1.82, 2.24) is 0 Å². The van der Waals surface area contributed by atoms with Gasteiger partial charge in [-0.15, -0.1) is 11.3 Å². The molecule has 10 aromatic carbocycles. The van der Waals surface area contributed by atoms with Crippen molar-refractivity contribution < 1.29 is 4.42 Å². The number of furan rings is 1. The number of rotatable bonds is 8. The minimum atomic E-state index is 0.840. The molecule has 0 radical (unpaired) electrons. The van der Waals surface area contributed by atoms with Crippen LogP contribution in [0.2, 0.25) is 0 Å². The van der Waals surface area contributed by atoms with Gasteiger partial charge >= 0.3 is 0 Å². The topological polar surface area (TPSA) is 16.4 Å². The number of thiophene rings is 1. The van der Waals surface area contributed by atoms with Crippen LogP contribution in [0.15, 0.2) is 241 Å². The van der Waals surface area contributed by atoms with E-state index < -0.39 is 0 Å². The Morgan fingerprint density at radius 1 is 0.302 bits per heavy atom. The molecule has 0 aliphatic rings. The van der Waals surface area contributed by atoms with E-state index in [0.717, 1.165) is 66.8 Å². The second-order valence-electron chi connectivity index (χ2n) is 16.0. The Morgan fingerprint density at radius 2 is 0.762 bits per heavy atom. The van der Waals surface area contributed by atoms with Gasteiger partial charge in [-0.1, -0.05) is 200 Å². The van der Waals surface area contributed by atoms with Crippen molar-refractivity contribution in [2.24, 2.45) is 0 Å². The van der Waals surface area contributed by atoms with Gasteiger partial charge in [-0.05, 0) is 86.5 Å². The van der Waals surface area contributed by atoms with Crippen LogP contribution in [0.3, 0.4) is 0 Å². The molecule has 0 amide bonds. The molecule has 0 fully saturated rings. The molecule has 0 bridgehead atoms. The summed E-state index contributed by atoms with van der Waals surface area (Å²) in [7, 11) is 0. The summed E-state index contributed by atoms with van der Waals surface area (Å²) in [6.45, 7) is 0. The van der Waals surface area contributed by atoms with E-state index >= 15 is 0 Å². The molecule has 0 spiro atoms. The summed E-state index contributed by atoms with van der Waals surface area (Å²) in [4.78, 5) is 2.36. The first kappa shape index (κ1) is 36.8. The Hall–Kier alpha value is -7.98. The zero-order valence-electron chi connectivity index (χ0n) is 34.3. The van der Waals surface area contributed by atoms with Gasteiger partial charge in [0.1, 0.15) is 5.58 Å². The van der Waals surface area contributed by atoms with E-state index in [1.165, 1.54) is 48.0 Å². The van der Waals surface area contributed by atoms with Gasteiger partial charge in [0.05, 0.1) is 5.69 Å². The number of nitrogens with zero attached hydrogens (tertiary/aromatic N) is 1. The van der Waals surface area contributed by atoms with Gasteiger partial charge in [-0.25, -0.2) is 0 Å². The van der Waals surface area contributed by atoms with Crippen molar-refractivity contribution in [3.8, 4) is 55.6 Å². The van der Waals surface area contributed by atoms with Crippen molar-refractivity contribution >= 4 is 70.5 Å². The molecule has 0 atom stereocenters. The van der Waals surface area contributed by atoms with Crippen LogP contribution in [0, 0.1) is 0 Å². The Bertz CT molecular complexity index is 3590. The number of para-hydroxylation sites is 1. The maximum absolute atomic E-state index is 7.24. The van der Waals surface area contributed by atoms with Gasteiger partial charge in [-0.2, -0.15) is 0 Å². The fourth-order valence-corrected chi connectivity index (χ4v) is 10.6. The van der Waals surface area contributed by atoms with Crippen LogP contribution in [0.5, 0.6) is 0 Å². The molecule has 12 rings (SSSR count). The van der Waals surface area contributed by atoms with Crippen LogP contribution in [-0.4, -0.2) is 0 Å². The van der Waals surface area contributed by atoms with Gasteiger partial charge in [0.15, 0.2) is 5.58 Å². The summed E-state index contributed by atoms with van der Waals surface area (Å²) in [5.74, 6) is 0. The molecular weight excluding hydrogens is 783 g/mol. The fraction of sp³-hybridized carbons (Fsp3) is 0. The standard InChI is InChI=1S/C60H39NOS/c1-4-16-40(17-5-1)47-22-10-11-23-48(47)43-30-34-45(35-31-43)61(46-36-32-44(33-37-46)51-26-15-27-53-52-24-12-13-29-56(52)63-60(51)53)55-39-38-49(41-18-6-2-7-19-41)57-54-28-14-25-50(58(54)62-59(55)57)42-20-8-3-9-21-42/h1-39H. The van der Waals surface area contributed by atoms with Crippen molar-refractivity contribution in [2.75, 3.05) is 4.90 Å². The van der Waals surface area contributed by atoms with Crippen molar-refractivity contribution in [1.29, 1.82) is 0 Å². The number of hydrogen-bond donors (Lipinski definition) is 0. The molecule has 2 aromatic heterocycles. The summed E-state index contributed by atoms with van der Waals surface area (Å²) in [5, 5.41) is 4.79. The number of benzene rings is 10. The lowest BCUT2D eigenvalue weighted by Crippen LogP contribution is -2.10. The van der Waals surface area contributed by atoms with E-state index in [-0.39, 0.29) is 0 Å². The minimum absolute atomic E-state index is 0.840. The minimum Gasteiger partial charge on any atom is -0.453 e. The van der Waals surface area contributed by atoms with E-state index in [2.05, 4.69) is 241 Å². The van der Waals surface area contributed by atoms with Crippen LogP contribution >= 0.6 is 11.3 Å². The normalized spacial score (nSPS) is 11.5. The quantitative estimate of drug-likeness (QED) is 0.152. The average Bonchev–Trinajstić information content (AvgIpc) is 3.95. The maximum Gasteiger partial charge on any atom is 0.160 e. The highest BCUT2D eigenvalue weighted by molar-refractivity contribution is 7.26. The highest BCUT2D eigenvalue weighted by atomic mass is 32.1. The highest BCUT2D eigenvalue weighted by Crippen LogP contribution is 2.48. The Balaban J connectivity index is 1.06. The summed E-state index contributed by atoms with van der Waals surface area (Å²) in [6.07, 6.45) is 0. The van der Waals surface area contributed by atoms with E-state index in [9.17, 15) is 0 Å². The van der Waals surface area contributed by atoms with E-state index in [0.29, 0.717) is 0 Å². The summed E-state index contributed by atoms with van der Waals surface area (Å²) >= 11 is 1.87. The molecule has 2 nitrogen and oxygen atoms in total. The first-order valence-electron chi connectivity index (χ1n) is 21.4. The van der Waals surface area contributed by atoms with Gasteiger partial charge in [0.25, 0.3) is 0 Å². The number of hydrogen-bond acceptors (Lipinski definition) is 3. The lowest BCUT2D eigenvalue weighted by molar-refractivity contribution is 0.670. The molecule has 0 N–H and O–H groups in total. The van der Waals surface area contributed by atoms with Crippen LogP contribution in [0.4, 0.5) is 17.1 Å². The second kappa shape index (κ2) is 15.5. The predicted molar refractivity (Wildman–Crippen MR) is 268 cm³/mol. The molecule has 2 heterocycles.